The first-order valence-corrected chi connectivity index (χ1v) is 14.8. The van der Waals surface area contributed by atoms with Crippen molar-refractivity contribution in [1.29, 1.82) is 0 Å². The summed E-state index contributed by atoms with van der Waals surface area (Å²) in [6.45, 7) is 11.3. The van der Waals surface area contributed by atoms with Crippen molar-refractivity contribution in [2.45, 2.75) is 181 Å². The number of carbonyl (C=O) groups is 1. The molecular weight excluding hydrogens is 406 g/mol. The summed E-state index contributed by atoms with van der Waals surface area (Å²) in [7, 11) is 2.12. The zero-order chi connectivity index (χ0) is 24.6. The van der Waals surface area contributed by atoms with E-state index in [0.717, 1.165) is 25.7 Å². The Balaban J connectivity index is 1.97. The summed E-state index contributed by atoms with van der Waals surface area (Å²) >= 11 is 0. The smallest absolute Gasteiger partial charge is 0.276 e. The van der Waals surface area contributed by atoms with E-state index in [1.54, 1.807) is 0 Å². The predicted molar refractivity (Wildman–Crippen MR) is 143 cm³/mol. The molecule has 0 amide bonds. The fraction of sp³-hybridized carbons (Fsp3) is 0.967. The van der Waals surface area contributed by atoms with Crippen molar-refractivity contribution in [2.75, 3.05) is 7.05 Å². The van der Waals surface area contributed by atoms with Gasteiger partial charge in [0, 0.05) is 12.8 Å². The highest BCUT2D eigenvalue weighted by atomic mass is 16.8. The van der Waals surface area contributed by atoms with Gasteiger partial charge in [0.05, 0.1) is 6.42 Å². The van der Waals surface area contributed by atoms with Gasteiger partial charge in [0.1, 0.15) is 18.1 Å². The molecular formula is C30H60NO2+. The van der Waals surface area contributed by atoms with E-state index in [4.69, 9.17) is 4.84 Å². The first kappa shape index (κ1) is 30.5. The van der Waals surface area contributed by atoms with Crippen LogP contribution < -0.4 is 0 Å². The number of carbonyl (C=O) groups excluding carboxylic acids is 1. The van der Waals surface area contributed by atoms with Crippen LogP contribution in [0.2, 0.25) is 0 Å². The van der Waals surface area contributed by atoms with Crippen molar-refractivity contribution in [3.8, 4) is 0 Å². The van der Waals surface area contributed by atoms with Crippen LogP contribution in [0.1, 0.15) is 169 Å². The minimum Gasteiger partial charge on any atom is -0.276 e. The summed E-state index contributed by atoms with van der Waals surface area (Å²) in [5.41, 5.74) is -0.0443. The van der Waals surface area contributed by atoms with Crippen molar-refractivity contribution in [3.63, 3.8) is 0 Å². The summed E-state index contributed by atoms with van der Waals surface area (Å²) in [6, 6.07) is 0. The van der Waals surface area contributed by atoms with Crippen molar-refractivity contribution in [2.24, 2.45) is 0 Å². The lowest BCUT2D eigenvalue weighted by Crippen LogP contribution is -2.71. The quantitative estimate of drug-likeness (QED) is 0.140. The van der Waals surface area contributed by atoms with Gasteiger partial charge >= 0.3 is 5.97 Å². The number of hydrogen-bond donors (Lipinski definition) is 0. The minimum atomic E-state index is -0.0222. The lowest BCUT2D eigenvalue weighted by Gasteiger charge is -2.55. The van der Waals surface area contributed by atoms with Crippen LogP contribution in [0.15, 0.2) is 0 Å². The van der Waals surface area contributed by atoms with Gasteiger partial charge in [0.25, 0.3) is 0 Å². The number of quaternary nitrogens is 1. The molecule has 1 aliphatic heterocycles. The summed E-state index contributed by atoms with van der Waals surface area (Å²) in [4.78, 5) is 18.8. The van der Waals surface area contributed by atoms with Crippen LogP contribution in [-0.2, 0) is 9.63 Å². The Labute approximate surface area is 208 Å². The number of hydrogen-bond acceptors (Lipinski definition) is 2. The molecule has 196 valence electrons. The Morgan fingerprint density at radius 1 is 0.636 bits per heavy atom. The van der Waals surface area contributed by atoms with E-state index in [-0.39, 0.29) is 17.0 Å². The van der Waals surface area contributed by atoms with E-state index < -0.39 is 0 Å². The molecule has 0 spiro atoms. The summed E-state index contributed by atoms with van der Waals surface area (Å²) in [5.74, 6) is -0.0125. The van der Waals surface area contributed by atoms with Crippen molar-refractivity contribution < 1.29 is 14.3 Å². The van der Waals surface area contributed by atoms with Gasteiger partial charge in [0.15, 0.2) is 0 Å². The maximum atomic E-state index is 12.6. The highest BCUT2D eigenvalue weighted by Crippen LogP contribution is 2.44. The number of unbranched alkanes of at least 4 members (excludes halogenated alkanes) is 16. The maximum Gasteiger partial charge on any atom is 0.366 e. The topological polar surface area (TPSA) is 26.3 Å². The molecule has 0 radical (unpaired) electrons. The molecule has 3 heteroatoms. The Bertz CT molecular complexity index is 495. The fourth-order valence-electron chi connectivity index (χ4n) is 5.69. The first-order chi connectivity index (χ1) is 15.7. The molecule has 1 heterocycles. The largest absolute Gasteiger partial charge is 0.366 e. The van der Waals surface area contributed by atoms with Crippen LogP contribution in [0.3, 0.4) is 0 Å². The van der Waals surface area contributed by atoms with Gasteiger partial charge in [-0.1, -0.05) is 110 Å². The Kier molecular flexibility index (Phi) is 14.9. The Morgan fingerprint density at radius 3 is 1.33 bits per heavy atom. The van der Waals surface area contributed by atoms with Crippen molar-refractivity contribution in [1.82, 2.24) is 0 Å². The third-order valence-electron chi connectivity index (χ3n) is 8.66. The van der Waals surface area contributed by atoms with Gasteiger partial charge in [-0.05, 0) is 40.5 Å². The molecule has 0 aliphatic carbocycles. The highest BCUT2D eigenvalue weighted by Gasteiger charge is 2.57. The van der Waals surface area contributed by atoms with E-state index >= 15 is 0 Å². The molecule has 0 N–H and O–H groups in total. The number of nitrogens with zero attached hydrogens (tertiary/aromatic N) is 1. The molecule has 0 aromatic carbocycles. The van der Waals surface area contributed by atoms with Crippen LogP contribution in [0, 0.1) is 0 Å². The molecule has 0 bridgehead atoms. The van der Waals surface area contributed by atoms with E-state index in [0.29, 0.717) is 11.1 Å². The second-order valence-electron chi connectivity index (χ2n) is 12.3. The first-order valence-electron chi connectivity index (χ1n) is 14.8. The molecule has 0 aromatic rings. The van der Waals surface area contributed by atoms with E-state index in [9.17, 15) is 4.79 Å². The van der Waals surface area contributed by atoms with Gasteiger partial charge in [-0.25, -0.2) is 4.79 Å². The summed E-state index contributed by atoms with van der Waals surface area (Å²) in [5, 5.41) is 0. The van der Waals surface area contributed by atoms with E-state index in [1.165, 1.54) is 103 Å². The monoisotopic (exact) mass is 466 g/mol. The van der Waals surface area contributed by atoms with Gasteiger partial charge in [0.2, 0.25) is 0 Å². The lowest BCUT2D eigenvalue weighted by atomic mass is 9.79. The van der Waals surface area contributed by atoms with Crippen LogP contribution in [0.25, 0.3) is 0 Å². The standard InChI is InChI=1S/C30H60NO2/c1-7-8-9-10-11-12-13-14-15-16-17-18-19-20-21-22-23-25-28(32)33-31(6)29(2,3)26-24-27-30(31,4)5/h7-27H2,1-6H3/q+1. The second-order valence-corrected chi connectivity index (χ2v) is 12.3. The third kappa shape index (κ3) is 11.1. The molecule has 33 heavy (non-hydrogen) atoms. The van der Waals surface area contributed by atoms with Crippen LogP contribution in [0.4, 0.5) is 0 Å². The van der Waals surface area contributed by atoms with E-state index in [2.05, 4.69) is 41.7 Å². The third-order valence-corrected chi connectivity index (χ3v) is 8.66. The molecule has 0 saturated carbocycles. The lowest BCUT2D eigenvalue weighted by molar-refractivity contribution is -1.15. The average Bonchev–Trinajstić information content (AvgIpc) is 2.74. The normalized spacial score (nSPS) is 18.8. The van der Waals surface area contributed by atoms with Crippen LogP contribution >= 0.6 is 0 Å². The average molecular weight is 467 g/mol. The highest BCUT2D eigenvalue weighted by molar-refractivity contribution is 5.68. The summed E-state index contributed by atoms with van der Waals surface area (Å²) in [6.07, 6.45) is 27.2. The number of piperidine rings is 1. The SMILES string of the molecule is CCCCCCCCCCCCCCCCCCCC(=O)O[N+]1(C)C(C)(C)CCCC1(C)C. The summed E-state index contributed by atoms with van der Waals surface area (Å²) < 4.78 is 0.414. The van der Waals surface area contributed by atoms with Crippen LogP contribution in [0.5, 0.6) is 0 Å². The van der Waals surface area contributed by atoms with Crippen molar-refractivity contribution in [3.05, 3.63) is 0 Å². The zero-order valence-corrected chi connectivity index (χ0v) is 23.6. The Hall–Kier alpha value is -0.570. The molecule has 1 aliphatic rings. The molecule has 0 aromatic heterocycles. The maximum absolute atomic E-state index is 12.6. The molecule has 0 unspecified atom stereocenters. The number of hydroxylamine groups is 3. The molecule has 1 saturated heterocycles. The fourth-order valence-corrected chi connectivity index (χ4v) is 5.69. The van der Waals surface area contributed by atoms with Crippen LogP contribution in [-0.4, -0.2) is 28.7 Å². The minimum absolute atomic E-state index is 0.0125. The zero-order valence-electron chi connectivity index (χ0n) is 23.6. The second kappa shape index (κ2) is 16.2. The Morgan fingerprint density at radius 2 is 0.970 bits per heavy atom. The van der Waals surface area contributed by atoms with Crippen molar-refractivity contribution >= 4 is 5.97 Å². The van der Waals surface area contributed by atoms with E-state index in [1.807, 2.05) is 0 Å². The number of likely N-dealkylation sites (tertiary alicyclic amines) is 1. The van der Waals surface area contributed by atoms with Gasteiger partial charge in [-0.2, -0.15) is 0 Å². The van der Waals surface area contributed by atoms with Gasteiger partial charge < -0.3 is 0 Å². The molecule has 3 nitrogen and oxygen atoms in total. The molecule has 1 fully saturated rings. The van der Waals surface area contributed by atoms with Gasteiger partial charge in [-0.15, -0.1) is 4.65 Å². The predicted octanol–water partition coefficient (Wildman–Crippen LogP) is 9.67. The molecule has 0 atom stereocenters. The van der Waals surface area contributed by atoms with Gasteiger partial charge in [-0.3, -0.25) is 4.84 Å². The number of rotatable bonds is 19. The molecule has 1 rings (SSSR count).